The van der Waals surface area contributed by atoms with Crippen molar-refractivity contribution in [3.63, 3.8) is 0 Å². The Labute approximate surface area is 106 Å². The molecule has 5 heteroatoms. The Hall–Kier alpha value is -1.91. The normalized spacial score (nSPS) is 11.6. The van der Waals surface area contributed by atoms with Crippen LogP contribution in [0.2, 0.25) is 0 Å². The van der Waals surface area contributed by atoms with Crippen molar-refractivity contribution in [2.45, 2.75) is 32.8 Å². The van der Waals surface area contributed by atoms with E-state index in [1.165, 1.54) is 18.3 Å². The molecule has 1 N–H and O–H groups in total. The number of carbonyl (C=O) groups is 1. The molecule has 0 saturated heterocycles. The molecule has 0 spiro atoms. The standard InChI is InChI=1S/C13H17FN2O2/c1-13(2,3)18-12(17)16-15-9-8-10-4-6-11(14)7-5-10/h4-7,9H,8H2,1-3H3,(H,16,17)/b15-9+. The van der Waals surface area contributed by atoms with Crippen LogP contribution in [0.4, 0.5) is 9.18 Å². The van der Waals surface area contributed by atoms with Gasteiger partial charge < -0.3 is 4.74 Å². The van der Waals surface area contributed by atoms with Crippen molar-refractivity contribution < 1.29 is 13.9 Å². The van der Waals surface area contributed by atoms with Crippen LogP contribution in [0, 0.1) is 5.82 Å². The summed E-state index contributed by atoms with van der Waals surface area (Å²) >= 11 is 0. The SMILES string of the molecule is CC(C)(C)OC(=O)N/N=C/Cc1ccc(F)cc1. The number of hydrogen-bond acceptors (Lipinski definition) is 3. The number of nitrogens with zero attached hydrogens (tertiary/aromatic N) is 1. The number of carbonyl (C=O) groups excluding carboxylic acids is 1. The van der Waals surface area contributed by atoms with E-state index in [1.54, 1.807) is 32.9 Å². The molecule has 0 fully saturated rings. The molecular weight excluding hydrogens is 235 g/mol. The first kappa shape index (κ1) is 14.2. The number of rotatable bonds is 3. The van der Waals surface area contributed by atoms with Crippen LogP contribution in [0.3, 0.4) is 0 Å². The zero-order valence-electron chi connectivity index (χ0n) is 10.7. The maximum absolute atomic E-state index is 12.6. The quantitative estimate of drug-likeness (QED) is 0.664. The first-order valence-corrected chi connectivity index (χ1v) is 5.62. The topological polar surface area (TPSA) is 50.7 Å². The lowest BCUT2D eigenvalue weighted by atomic mass is 10.2. The van der Waals surface area contributed by atoms with Crippen molar-refractivity contribution in [3.8, 4) is 0 Å². The van der Waals surface area contributed by atoms with Crippen LogP contribution < -0.4 is 5.43 Å². The summed E-state index contributed by atoms with van der Waals surface area (Å²) in [7, 11) is 0. The molecule has 0 bridgehead atoms. The van der Waals surface area contributed by atoms with E-state index in [2.05, 4.69) is 10.5 Å². The van der Waals surface area contributed by atoms with Gasteiger partial charge in [0.05, 0.1) is 0 Å². The van der Waals surface area contributed by atoms with E-state index in [9.17, 15) is 9.18 Å². The minimum atomic E-state index is -0.599. The van der Waals surface area contributed by atoms with Crippen molar-refractivity contribution in [2.75, 3.05) is 0 Å². The van der Waals surface area contributed by atoms with E-state index in [1.807, 2.05) is 0 Å². The summed E-state index contributed by atoms with van der Waals surface area (Å²) in [5.41, 5.74) is 2.62. The van der Waals surface area contributed by atoms with Gasteiger partial charge in [0.2, 0.25) is 0 Å². The molecule has 0 aliphatic heterocycles. The first-order chi connectivity index (χ1) is 8.37. The minimum Gasteiger partial charge on any atom is -0.443 e. The molecule has 18 heavy (non-hydrogen) atoms. The van der Waals surface area contributed by atoms with Crippen molar-refractivity contribution in [2.24, 2.45) is 5.10 Å². The van der Waals surface area contributed by atoms with Crippen LogP contribution in [-0.4, -0.2) is 17.9 Å². The molecule has 0 aliphatic carbocycles. The summed E-state index contributed by atoms with van der Waals surface area (Å²) < 4.78 is 17.6. The van der Waals surface area contributed by atoms with Gasteiger partial charge in [-0.25, -0.2) is 14.6 Å². The molecule has 1 aromatic carbocycles. The van der Waals surface area contributed by atoms with E-state index >= 15 is 0 Å². The van der Waals surface area contributed by atoms with Crippen LogP contribution in [0.5, 0.6) is 0 Å². The summed E-state index contributed by atoms with van der Waals surface area (Å²) in [4.78, 5) is 11.2. The Morgan fingerprint density at radius 1 is 1.39 bits per heavy atom. The Bertz CT molecular complexity index is 422. The van der Waals surface area contributed by atoms with Gasteiger partial charge in [-0.15, -0.1) is 0 Å². The Balaban J connectivity index is 2.33. The summed E-state index contributed by atoms with van der Waals surface area (Å²) in [5, 5.41) is 3.73. The lowest BCUT2D eigenvalue weighted by Crippen LogP contribution is -2.29. The van der Waals surface area contributed by atoms with Gasteiger partial charge in [0, 0.05) is 12.6 Å². The van der Waals surface area contributed by atoms with Gasteiger partial charge >= 0.3 is 6.09 Å². The van der Waals surface area contributed by atoms with Crippen LogP contribution in [0.1, 0.15) is 26.3 Å². The maximum atomic E-state index is 12.6. The van der Waals surface area contributed by atoms with Gasteiger partial charge in [-0.2, -0.15) is 5.10 Å². The largest absolute Gasteiger partial charge is 0.443 e. The zero-order chi connectivity index (χ0) is 13.6. The van der Waals surface area contributed by atoms with Gasteiger partial charge in [0.15, 0.2) is 0 Å². The summed E-state index contributed by atoms with van der Waals surface area (Å²) in [5.74, 6) is -0.275. The lowest BCUT2D eigenvalue weighted by Gasteiger charge is -2.18. The molecule has 0 saturated carbocycles. The van der Waals surface area contributed by atoms with Crippen LogP contribution in [0.15, 0.2) is 29.4 Å². The zero-order valence-corrected chi connectivity index (χ0v) is 10.7. The van der Waals surface area contributed by atoms with Gasteiger partial charge in [0.25, 0.3) is 0 Å². The third-order valence-corrected chi connectivity index (χ3v) is 1.89. The van der Waals surface area contributed by atoms with E-state index in [4.69, 9.17) is 4.74 Å². The maximum Gasteiger partial charge on any atom is 0.428 e. The average molecular weight is 252 g/mol. The highest BCUT2D eigenvalue weighted by Gasteiger charge is 2.15. The fourth-order valence-corrected chi connectivity index (χ4v) is 1.17. The number of hydrogen-bond donors (Lipinski definition) is 1. The lowest BCUT2D eigenvalue weighted by molar-refractivity contribution is 0.0529. The second-order valence-electron chi connectivity index (χ2n) is 4.76. The van der Waals surface area contributed by atoms with E-state index < -0.39 is 11.7 Å². The summed E-state index contributed by atoms with van der Waals surface area (Å²) in [6.45, 7) is 5.32. The smallest absolute Gasteiger partial charge is 0.428 e. The highest BCUT2D eigenvalue weighted by molar-refractivity contribution is 5.70. The van der Waals surface area contributed by atoms with Crippen LogP contribution >= 0.6 is 0 Å². The number of ether oxygens (including phenoxy) is 1. The molecule has 1 aromatic rings. The van der Waals surface area contributed by atoms with Gasteiger partial charge in [-0.3, -0.25) is 0 Å². The van der Waals surface area contributed by atoms with Crippen molar-refractivity contribution in [1.29, 1.82) is 0 Å². The highest BCUT2D eigenvalue weighted by atomic mass is 19.1. The average Bonchev–Trinajstić information content (AvgIpc) is 2.24. The van der Waals surface area contributed by atoms with E-state index in [0.717, 1.165) is 5.56 Å². The monoisotopic (exact) mass is 252 g/mol. The van der Waals surface area contributed by atoms with Gasteiger partial charge in [-0.1, -0.05) is 12.1 Å². The Morgan fingerprint density at radius 2 is 2.00 bits per heavy atom. The molecule has 1 amide bonds. The second-order valence-corrected chi connectivity index (χ2v) is 4.76. The summed E-state index contributed by atoms with van der Waals surface area (Å²) in [6, 6.07) is 6.08. The molecule has 0 aromatic heterocycles. The van der Waals surface area contributed by atoms with Gasteiger partial charge in [0.1, 0.15) is 11.4 Å². The molecular formula is C13H17FN2O2. The molecule has 0 atom stereocenters. The highest BCUT2D eigenvalue weighted by Crippen LogP contribution is 2.06. The molecule has 4 nitrogen and oxygen atoms in total. The number of halogens is 1. The molecule has 0 radical (unpaired) electrons. The number of hydrazone groups is 1. The predicted octanol–water partition coefficient (Wildman–Crippen LogP) is 2.88. The molecule has 98 valence electrons. The molecule has 0 aliphatic rings. The molecule has 0 heterocycles. The molecule has 1 rings (SSSR count). The number of amides is 1. The van der Waals surface area contributed by atoms with Crippen LogP contribution in [-0.2, 0) is 11.2 Å². The van der Waals surface area contributed by atoms with Crippen LogP contribution in [0.25, 0.3) is 0 Å². The van der Waals surface area contributed by atoms with Crippen molar-refractivity contribution in [3.05, 3.63) is 35.6 Å². The Morgan fingerprint density at radius 3 is 2.56 bits per heavy atom. The molecule has 0 unspecified atom stereocenters. The van der Waals surface area contributed by atoms with Gasteiger partial charge in [-0.05, 0) is 38.5 Å². The van der Waals surface area contributed by atoms with E-state index in [-0.39, 0.29) is 5.82 Å². The Kier molecular flexibility index (Phi) is 4.83. The van der Waals surface area contributed by atoms with Crippen molar-refractivity contribution in [1.82, 2.24) is 5.43 Å². The van der Waals surface area contributed by atoms with E-state index in [0.29, 0.717) is 6.42 Å². The number of benzene rings is 1. The first-order valence-electron chi connectivity index (χ1n) is 5.62. The predicted molar refractivity (Wildman–Crippen MR) is 68.0 cm³/mol. The third kappa shape index (κ3) is 5.98. The fraction of sp³-hybridized carbons (Fsp3) is 0.385. The fourth-order valence-electron chi connectivity index (χ4n) is 1.17. The number of nitrogens with one attached hydrogen (secondary N) is 1. The van der Waals surface area contributed by atoms with Crippen molar-refractivity contribution >= 4 is 12.3 Å². The summed E-state index contributed by atoms with van der Waals surface area (Å²) in [6.07, 6.45) is 1.44. The minimum absolute atomic E-state index is 0.275. The second kappa shape index (κ2) is 6.14. The third-order valence-electron chi connectivity index (χ3n) is 1.89.